The minimum absolute atomic E-state index is 0.0637. The number of carbonyl (C=O) groups excluding carboxylic acids is 1. The number of carbonyl (C=O) groups is 1. The van der Waals surface area contributed by atoms with Gasteiger partial charge in [0.25, 0.3) is 0 Å². The highest BCUT2D eigenvalue weighted by atomic mass is 32.2. The van der Waals surface area contributed by atoms with Gasteiger partial charge in [-0.3, -0.25) is 4.79 Å². The van der Waals surface area contributed by atoms with Crippen molar-refractivity contribution in [2.45, 2.75) is 17.7 Å². The topological polar surface area (TPSA) is 80.5 Å². The Hall–Kier alpha value is -1.47. The van der Waals surface area contributed by atoms with Crippen molar-refractivity contribution in [1.82, 2.24) is 4.31 Å². The summed E-state index contributed by atoms with van der Waals surface area (Å²) in [4.78, 5) is 11.1. The summed E-state index contributed by atoms with van der Waals surface area (Å²) in [5.41, 5.74) is 5.22. The van der Waals surface area contributed by atoms with E-state index in [1.165, 1.54) is 22.5 Å². The molecule has 0 saturated carbocycles. The number of hydrogen-bond acceptors (Lipinski definition) is 3. The number of piperidine rings is 1. The molecule has 2 N–H and O–H groups in total. The molecule has 1 aliphatic rings. The Morgan fingerprint density at radius 2 is 2.16 bits per heavy atom. The first-order valence-electron chi connectivity index (χ1n) is 5.96. The van der Waals surface area contributed by atoms with E-state index in [2.05, 4.69) is 0 Å². The Morgan fingerprint density at radius 3 is 2.79 bits per heavy atom. The van der Waals surface area contributed by atoms with E-state index in [0.717, 1.165) is 6.07 Å². The smallest absolute Gasteiger partial charge is 0.243 e. The second-order valence-electron chi connectivity index (χ2n) is 4.56. The number of benzene rings is 1. The largest absolute Gasteiger partial charge is 0.369 e. The molecular formula is C12H15FN2O3S. The van der Waals surface area contributed by atoms with Gasteiger partial charge in [0.05, 0.1) is 10.8 Å². The predicted molar refractivity (Wildman–Crippen MR) is 67.1 cm³/mol. The van der Waals surface area contributed by atoms with Crippen molar-refractivity contribution in [2.24, 2.45) is 11.7 Å². The molecule has 1 aromatic rings. The van der Waals surface area contributed by atoms with E-state index in [0.29, 0.717) is 19.4 Å². The Labute approximate surface area is 111 Å². The van der Waals surface area contributed by atoms with Gasteiger partial charge < -0.3 is 5.73 Å². The van der Waals surface area contributed by atoms with Gasteiger partial charge in [-0.1, -0.05) is 6.07 Å². The van der Waals surface area contributed by atoms with Crippen LogP contribution in [0.3, 0.4) is 0 Å². The molecule has 1 aromatic carbocycles. The number of nitrogens with zero attached hydrogens (tertiary/aromatic N) is 1. The average Bonchev–Trinajstić information content (AvgIpc) is 2.39. The number of nitrogens with two attached hydrogens (primary N) is 1. The average molecular weight is 286 g/mol. The van der Waals surface area contributed by atoms with Crippen molar-refractivity contribution < 1.29 is 17.6 Å². The van der Waals surface area contributed by atoms with Crippen molar-refractivity contribution in [3.05, 3.63) is 30.1 Å². The van der Waals surface area contributed by atoms with Crippen molar-refractivity contribution >= 4 is 15.9 Å². The zero-order valence-corrected chi connectivity index (χ0v) is 11.1. The van der Waals surface area contributed by atoms with E-state index in [4.69, 9.17) is 5.73 Å². The molecule has 0 spiro atoms. The lowest BCUT2D eigenvalue weighted by Gasteiger charge is -2.30. The molecule has 1 heterocycles. The highest BCUT2D eigenvalue weighted by Crippen LogP contribution is 2.23. The standard InChI is InChI=1S/C12H15FN2O3S/c13-10-4-1-5-11(7-10)19(17,18)15-6-2-3-9(8-15)12(14)16/h1,4-5,7,9H,2-3,6,8H2,(H2,14,16). The fourth-order valence-electron chi connectivity index (χ4n) is 2.17. The number of amides is 1. The molecule has 7 heteroatoms. The van der Waals surface area contributed by atoms with Gasteiger partial charge in [0.2, 0.25) is 15.9 Å². The van der Waals surface area contributed by atoms with Crippen molar-refractivity contribution in [1.29, 1.82) is 0 Å². The molecule has 0 aromatic heterocycles. The first-order chi connectivity index (χ1) is 8.91. The predicted octanol–water partition coefficient (Wildman–Crippen LogP) is 0.712. The van der Waals surface area contributed by atoms with Crippen molar-refractivity contribution in [3.63, 3.8) is 0 Å². The summed E-state index contributed by atoms with van der Waals surface area (Å²) in [6.45, 7) is 0.386. The second kappa shape index (κ2) is 5.26. The Kier molecular flexibility index (Phi) is 3.86. The van der Waals surface area contributed by atoms with E-state index in [-0.39, 0.29) is 11.4 Å². The number of sulfonamides is 1. The highest BCUT2D eigenvalue weighted by Gasteiger charge is 2.32. The van der Waals surface area contributed by atoms with Crippen molar-refractivity contribution in [3.8, 4) is 0 Å². The van der Waals surface area contributed by atoms with E-state index in [9.17, 15) is 17.6 Å². The number of rotatable bonds is 3. The quantitative estimate of drug-likeness (QED) is 0.888. The lowest BCUT2D eigenvalue weighted by Crippen LogP contribution is -2.44. The molecule has 0 aliphatic carbocycles. The molecule has 0 radical (unpaired) electrons. The summed E-state index contributed by atoms with van der Waals surface area (Å²) in [5.74, 6) is -1.58. The minimum Gasteiger partial charge on any atom is -0.369 e. The van der Waals surface area contributed by atoms with E-state index in [1.807, 2.05) is 0 Å². The Bertz CT molecular complexity index is 588. The Morgan fingerprint density at radius 1 is 1.42 bits per heavy atom. The summed E-state index contributed by atoms with van der Waals surface area (Å²) in [6.07, 6.45) is 1.16. The first kappa shape index (κ1) is 14.0. The third kappa shape index (κ3) is 2.93. The van der Waals surface area contributed by atoms with Gasteiger partial charge in [-0.15, -0.1) is 0 Å². The molecular weight excluding hydrogens is 271 g/mol. The van der Waals surface area contributed by atoms with Gasteiger partial charge in [0, 0.05) is 13.1 Å². The minimum atomic E-state index is -3.77. The summed E-state index contributed by atoms with van der Waals surface area (Å²) in [7, 11) is -3.77. The SMILES string of the molecule is NC(=O)C1CCCN(S(=O)(=O)c2cccc(F)c2)C1. The molecule has 1 atom stereocenters. The van der Waals surface area contributed by atoms with Gasteiger partial charge in [-0.05, 0) is 31.0 Å². The van der Waals surface area contributed by atoms with Crippen LogP contribution in [0.2, 0.25) is 0 Å². The summed E-state index contributed by atoms with van der Waals surface area (Å²) >= 11 is 0. The van der Waals surface area contributed by atoms with E-state index >= 15 is 0 Å². The number of hydrogen-bond donors (Lipinski definition) is 1. The molecule has 1 unspecified atom stereocenters. The molecule has 104 valence electrons. The zero-order valence-electron chi connectivity index (χ0n) is 10.3. The fourth-order valence-corrected chi connectivity index (χ4v) is 3.73. The Balaban J connectivity index is 2.27. The molecule has 5 nitrogen and oxygen atoms in total. The van der Waals surface area contributed by atoms with Crippen LogP contribution in [0.1, 0.15) is 12.8 Å². The van der Waals surface area contributed by atoms with Crippen LogP contribution in [-0.2, 0) is 14.8 Å². The monoisotopic (exact) mass is 286 g/mol. The number of primary amides is 1. The maximum Gasteiger partial charge on any atom is 0.243 e. The lowest BCUT2D eigenvalue weighted by molar-refractivity contribution is -0.122. The molecule has 1 saturated heterocycles. The van der Waals surface area contributed by atoms with Crippen LogP contribution >= 0.6 is 0 Å². The highest BCUT2D eigenvalue weighted by molar-refractivity contribution is 7.89. The summed E-state index contributed by atoms with van der Waals surface area (Å²) in [5, 5.41) is 0. The molecule has 0 bridgehead atoms. The molecule has 1 amide bonds. The van der Waals surface area contributed by atoms with Crippen molar-refractivity contribution in [2.75, 3.05) is 13.1 Å². The van der Waals surface area contributed by atoms with Gasteiger partial charge >= 0.3 is 0 Å². The molecule has 1 aliphatic heterocycles. The molecule has 19 heavy (non-hydrogen) atoms. The first-order valence-corrected chi connectivity index (χ1v) is 7.40. The molecule has 1 fully saturated rings. The van der Waals surface area contributed by atoms with Crippen LogP contribution < -0.4 is 5.73 Å². The number of halogens is 1. The summed E-state index contributed by atoms with van der Waals surface area (Å²) < 4.78 is 38.9. The summed E-state index contributed by atoms with van der Waals surface area (Å²) in [6, 6.07) is 4.84. The van der Waals surface area contributed by atoms with Gasteiger partial charge in [-0.2, -0.15) is 4.31 Å². The van der Waals surface area contributed by atoms with Crippen LogP contribution in [0.5, 0.6) is 0 Å². The third-order valence-electron chi connectivity index (χ3n) is 3.22. The van der Waals surface area contributed by atoms with Crippen LogP contribution in [0.25, 0.3) is 0 Å². The molecule has 2 rings (SSSR count). The van der Waals surface area contributed by atoms with Crippen LogP contribution in [0.15, 0.2) is 29.2 Å². The zero-order chi connectivity index (χ0) is 14.0. The maximum absolute atomic E-state index is 13.1. The van der Waals surface area contributed by atoms with E-state index in [1.54, 1.807) is 0 Å². The van der Waals surface area contributed by atoms with Gasteiger partial charge in [0.1, 0.15) is 5.82 Å². The van der Waals surface area contributed by atoms with Gasteiger partial charge in [0.15, 0.2) is 0 Å². The fraction of sp³-hybridized carbons (Fsp3) is 0.417. The lowest BCUT2D eigenvalue weighted by atomic mass is 9.99. The van der Waals surface area contributed by atoms with Gasteiger partial charge in [-0.25, -0.2) is 12.8 Å². The van der Waals surface area contributed by atoms with Crippen LogP contribution in [0.4, 0.5) is 4.39 Å². The normalized spacial score (nSPS) is 21.2. The second-order valence-corrected chi connectivity index (χ2v) is 6.50. The van der Waals surface area contributed by atoms with Crippen LogP contribution in [-0.4, -0.2) is 31.7 Å². The maximum atomic E-state index is 13.1. The van der Waals surface area contributed by atoms with Crippen LogP contribution in [0, 0.1) is 11.7 Å². The third-order valence-corrected chi connectivity index (χ3v) is 5.08. The van der Waals surface area contributed by atoms with E-state index < -0.39 is 27.7 Å².